The molecule has 3 heterocycles. The maximum absolute atomic E-state index is 2.54. The lowest BCUT2D eigenvalue weighted by molar-refractivity contribution is 1.17. The minimum atomic E-state index is 1.15. The van der Waals surface area contributed by atoms with E-state index in [1.165, 1.54) is 141 Å². The number of thiophene rings is 1. The molecule has 0 saturated heterocycles. The van der Waals surface area contributed by atoms with Crippen LogP contribution in [-0.4, -0.2) is 9.13 Å². The van der Waals surface area contributed by atoms with Crippen LogP contribution in [0.15, 0.2) is 243 Å². The van der Waals surface area contributed by atoms with Crippen molar-refractivity contribution in [1.82, 2.24) is 9.13 Å². The largest absolute Gasteiger partial charge is 0.309 e. The topological polar surface area (TPSA) is 9.86 Å². The molecule has 0 bridgehead atoms. The highest BCUT2D eigenvalue weighted by atomic mass is 32.1. The Labute approximate surface area is 426 Å². The Morgan fingerprint density at radius 2 is 0.740 bits per heavy atom. The molecular formula is C70H46N2S. The molecule has 15 rings (SSSR count). The van der Waals surface area contributed by atoms with Crippen molar-refractivity contribution in [2.75, 3.05) is 0 Å². The first-order valence-corrected chi connectivity index (χ1v) is 26.1. The molecule has 0 radical (unpaired) electrons. The Kier molecular flexibility index (Phi) is 9.30. The lowest BCUT2D eigenvalue weighted by Crippen LogP contribution is -1.98. The van der Waals surface area contributed by atoms with Gasteiger partial charge in [0.2, 0.25) is 0 Å². The Balaban J connectivity index is 1.01. The molecule has 15 aromatic rings. The van der Waals surface area contributed by atoms with Gasteiger partial charge in [0, 0.05) is 48.4 Å². The average molecular weight is 947 g/mol. The summed E-state index contributed by atoms with van der Waals surface area (Å²) in [5, 5.41) is 12.8. The van der Waals surface area contributed by atoms with Crippen molar-refractivity contribution in [2.24, 2.45) is 0 Å². The highest BCUT2D eigenvalue weighted by Crippen LogP contribution is 2.50. The van der Waals surface area contributed by atoms with E-state index in [0.29, 0.717) is 0 Å². The fourth-order valence-electron chi connectivity index (χ4n) is 12.3. The Hall–Kier alpha value is -9.02. The van der Waals surface area contributed by atoms with Gasteiger partial charge in [0.1, 0.15) is 0 Å². The van der Waals surface area contributed by atoms with Crippen molar-refractivity contribution in [1.29, 1.82) is 0 Å². The third kappa shape index (κ3) is 6.29. The van der Waals surface area contributed by atoms with Crippen LogP contribution in [0.3, 0.4) is 0 Å². The van der Waals surface area contributed by atoms with Crippen molar-refractivity contribution in [3.8, 4) is 55.9 Å². The Morgan fingerprint density at radius 1 is 0.315 bits per heavy atom. The average Bonchev–Trinajstić information content (AvgIpc) is 4.13. The molecule has 3 aromatic heterocycles. The molecule has 73 heavy (non-hydrogen) atoms. The van der Waals surface area contributed by atoms with E-state index < -0.39 is 0 Å². The van der Waals surface area contributed by atoms with Crippen LogP contribution in [0.4, 0.5) is 0 Å². The van der Waals surface area contributed by atoms with Crippen LogP contribution >= 0.6 is 11.3 Å². The summed E-state index contributed by atoms with van der Waals surface area (Å²) in [6, 6.07) is 90.0. The van der Waals surface area contributed by atoms with Gasteiger partial charge in [0.15, 0.2) is 0 Å². The lowest BCUT2D eigenvalue weighted by Gasteiger charge is -2.17. The minimum Gasteiger partial charge on any atom is -0.309 e. The summed E-state index contributed by atoms with van der Waals surface area (Å²) in [5.41, 5.74) is 19.5. The van der Waals surface area contributed by atoms with E-state index in [0.717, 1.165) is 11.4 Å². The van der Waals surface area contributed by atoms with Gasteiger partial charge >= 0.3 is 0 Å². The molecule has 3 heteroatoms. The van der Waals surface area contributed by atoms with E-state index in [4.69, 9.17) is 0 Å². The van der Waals surface area contributed by atoms with Crippen LogP contribution < -0.4 is 0 Å². The van der Waals surface area contributed by atoms with E-state index >= 15 is 0 Å². The first-order chi connectivity index (χ1) is 36.1. The van der Waals surface area contributed by atoms with Crippen molar-refractivity contribution in [3.05, 3.63) is 254 Å². The van der Waals surface area contributed by atoms with Gasteiger partial charge in [-0.2, -0.15) is 0 Å². The lowest BCUT2D eigenvalue weighted by atomic mass is 9.88. The second kappa shape index (κ2) is 16.3. The van der Waals surface area contributed by atoms with Gasteiger partial charge in [0.05, 0.1) is 26.8 Å². The van der Waals surface area contributed by atoms with Crippen molar-refractivity contribution >= 4 is 96.7 Å². The maximum atomic E-state index is 2.54. The molecule has 0 atom stereocenters. The number of fused-ring (bicyclic) bond motifs is 15. The van der Waals surface area contributed by atoms with Gasteiger partial charge in [-0.3, -0.25) is 0 Å². The number of aryl methyl sites for hydroxylation is 2. The molecule has 0 aliphatic carbocycles. The van der Waals surface area contributed by atoms with Crippen LogP contribution in [0.5, 0.6) is 0 Å². The normalized spacial score (nSPS) is 12.0. The summed E-state index contributed by atoms with van der Waals surface area (Å²) in [7, 11) is 0. The Morgan fingerprint density at radius 3 is 1.32 bits per heavy atom. The molecule has 0 aliphatic heterocycles. The summed E-state index contributed by atoms with van der Waals surface area (Å²) in [5.74, 6) is 0. The van der Waals surface area contributed by atoms with E-state index in [9.17, 15) is 0 Å². The predicted molar refractivity (Wildman–Crippen MR) is 314 cm³/mol. The van der Waals surface area contributed by atoms with Gasteiger partial charge in [-0.1, -0.05) is 188 Å². The monoisotopic (exact) mass is 946 g/mol. The van der Waals surface area contributed by atoms with Gasteiger partial charge in [-0.15, -0.1) is 11.3 Å². The number of hydrogen-bond acceptors (Lipinski definition) is 1. The summed E-state index contributed by atoms with van der Waals surface area (Å²) >= 11 is 1.91. The van der Waals surface area contributed by atoms with E-state index in [2.05, 4.69) is 266 Å². The first kappa shape index (κ1) is 41.7. The number of benzene rings is 12. The third-order valence-electron chi connectivity index (χ3n) is 15.6. The highest BCUT2D eigenvalue weighted by molar-refractivity contribution is 7.27. The van der Waals surface area contributed by atoms with Crippen molar-refractivity contribution in [3.63, 3.8) is 0 Å². The van der Waals surface area contributed by atoms with E-state index in [1.54, 1.807) is 0 Å². The second-order valence-corrected chi connectivity index (χ2v) is 20.7. The zero-order chi connectivity index (χ0) is 48.3. The molecule has 0 saturated carbocycles. The fourth-order valence-corrected chi connectivity index (χ4v) is 13.6. The number of rotatable bonds is 6. The van der Waals surface area contributed by atoms with Crippen LogP contribution in [0.2, 0.25) is 0 Å². The zero-order valence-electron chi connectivity index (χ0n) is 40.4. The second-order valence-electron chi connectivity index (χ2n) is 19.6. The highest BCUT2D eigenvalue weighted by Gasteiger charge is 2.25. The molecule has 0 amide bonds. The Bertz CT molecular complexity index is 4710. The van der Waals surface area contributed by atoms with Gasteiger partial charge < -0.3 is 9.13 Å². The third-order valence-corrected chi connectivity index (χ3v) is 16.8. The summed E-state index contributed by atoms with van der Waals surface area (Å²) in [4.78, 5) is 0. The smallest absolute Gasteiger partial charge is 0.0726 e. The maximum Gasteiger partial charge on any atom is 0.0726 e. The molecule has 342 valence electrons. The molecule has 0 spiro atoms. The van der Waals surface area contributed by atoms with Crippen molar-refractivity contribution < 1.29 is 0 Å². The minimum absolute atomic E-state index is 1.15. The van der Waals surface area contributed by atoms with E-state index in [-0.39, 0.29) is 0 Å². The van der Waals surface area contributed by atoms with Crippen LogP contribution in [-0.2, 0) is 0 Å². The number of nitrogens with zero attached hydrogens (tertiary/aromatic N) is 2. The standard InChI is InChI=1S/C70H46N2S/c1-43-17-9-10-22-53(43)64-44(2)68-65(55-24-12-11-23-54(55)64)59-41-49(33-39-61(59)71(68)51-35-29-47(30-36-51)45-18-5-3-6-19-45)50-34-40-62-60(42-50)66-56-25-13-14-26-57(56)67-58-27-15-16-28-63(58)73-70(67)69(66)72(62)52-37-31-48(32-38-52)46-20-7-4-8-21-46/h3-42H,1-2H3. The molecule has 0 unspecified atom stereocenters. The van der Waals surface area contributed by atoms with Crippen molar-refractivity contribution in [2.45, 2.75) is 13.8 Å². The molecule has 0 aliphatic rings. The summed E-state index contributed by atoms with van der Waals surface area (Å²) in [6.07, 6.45) is 0. The van der Waals surface area contributed by atoms with Crippen LogP contribution in [0, 0.1) is 13.8 Å². The number of hydrogen-bond donors (Lipinski definition) is 0. The number of aromatic nitrogens is 2. The quantitative estimate of drug-likeness (QED) is 0.157. The van der Waals surface area contributed by atoms with Crippen LogP contribution in [0.1, 0.15) is 11.1 Å². The summed E-state index contributed by atoms with van der Waals surface area (Å²) < 4.78 is 7.68. The van der Waals surface area contributed by atoms with Gasteiger partial charge in [-0.25, -0.2) is 0 Å². The summed E-state index contributed by atoms with van der Waals surface area (Å²) in [6.45, 7) is 4.57. The molecule has 2 nitrogen and oxygen atoms in total. The molecule has 0 N–H and O–H groups in total. The van der Waals surface area contributed by atoms with Crippen LogP contribution in [0.25, 0.3) is 141 Å². The predicted octanol–water partition coefficient (Wildman–Crippen LogP) is 19.8. The SMILES string of the molecule is Cc1ccccc1-c1c(C)c2c(c3ccccc13)c1cc(-c3ccc4c(c3)c3c5ccccc5c5c6ccccc6sc5c3n4-c3ccc(-c4ccccc4)cc3)ccc1n2-c1ccc(-c2ccccc2)cc1. The first-order valence-electron chi connectivity index (χ1n) is 25.2. The molecule has 12 aromatic carbocycles. The van der Waals surface area contributed by atoms with Gasteiger partial charge in [0.25, 0.3) is 0 Å². The van der Waals surface area contributed by atoms with Gasteiger partial charge in [-0.05, 0) is 146 Å². The fraction of sp³-hybridized carbons (Fsp3) is 0.0286. The molecule has 0 fully saturated rings. The van der Waals surface area contributed by atoms with E-state index in [1.807, 2.05) is 11.3 Å². The zero-order valence-corrected chi connectivity index (χ0v) is 41.2. The molecular weight excluding hydrogens is 901 g/mol.